The monoisotopic (exact) mass is 1190 g/mol. The summed E-state index contributed by atoms with van der Waals surface area (Å²) in [5, 5.41) is 0. The van der Waals surface area contributed by atoms with Gasteiger partial charge in [-0.05, 0) is 121 Å². The Morgan fingerprint density at radius 3 is 0.304 bits per heavy atom. The Labute approximate surface area is 444 Å². The second-order valence-corrected chi connectivity index (χ2v) is 64.2. The van der Waals surface area contributed by atoms with E-state index in [9.17, 15) is 0 Å². The summed E-state index contributed by atoms with van der Waals surface area (Å²) in [6, 6.07) is 0. The number of hydrogen-bond donors (Lipinski definition) is 0. The van der Waals surface area contributed by atoms with Gasteiger partial charge in [0.15, 0.2) is 0 Å². The van der Waals surface area contributed by atoms with Crippen LogP contribution in [0.5, 0.6) is 0 Å². The molecule has 0 N–H and O–H groups in total. The van der Waals surface area contributed by atoms with Crippen LogP contribution in [0, 0.1) is 204 Å². The van der Waals surface area contributed by atoms with Gasteiger partial charge >= 0.3 is 0 Å². The molecule has 0 aromatic carbocycles. The molecule has 4 fully saturated rings. The van der Waals surface area contributed by atoms with Gasteiger partial charge in [0.1, 0.15) is 0 Å². The van der Waals surface area contributed by atoms with Gasteiger partial charge in [0.05, 0.1) is 64.6 Å². The van der Waals surface area contributed by atoms with Crippen LogP contribution in [0.15, 0.2) is 0 Å². The van der Waals surface area contributed by atoms with E-state index in [1.807, 2.05) is 0 Å². The van der Waals surface area contributed by atoms with E-state index >= 15 is 0 Å². The molecule has 0 aromatic heterocycles. The molecule has 0 bridgehead atoms. The van der Waals surface area contributed by atoms with Crippen LogP contribution in [-0.4, -0.2) is 64.6 Å². The molecule has 314 valence electrons. The van der Waals surface area contributed by atoms with Gasteiger partial charge in [-0.25, -0.2) is 0 Å². The molecule has 12 heteroatoms. The molecule has 4 aliphatic rings. The van der Waals surface area contributed by atoms with E-state index in [0.29, 0.717) is 0 Å². The van der Waals surface area contributed by atoms with Crippen LogP contribution in [0.3, 0.4) is 0 Å². The maximum Gasteiger partial charge on any atom is 0.0516 e. The molecule has 0 nitrogen and oxygen atoms in total. The number of rotatable bonds is 8. The summed E-state index contributed by atoms with van der Waals surface area (Å²) in [7, 11) is -8.55. The molecule has 56 heavy (non-hydrogen) atoms. The second kappa shape index (κ2) is 26.4. The van der Waals surface area contributed by atoms with Gasteiger partial charge in [-0.2, -0.15) is 0 Å². The Hall–Kier alpha value is 5.04. The van der Waals surface area contributed by atoms with Crippen LogP contribution in [-0.2, 0) is 0 Å². The Balaban J connectivity index is -0.000000314. The van der Waals surface area contributed by atoms with Crippen LogP contribution in [0.25, 0.3) is 0 Å². The number of hydrogen-bond acceptors (Lipinski definition) is 0. The molecule has 0 atom stereocenters. The van der Waals surface area contributed by atoms with E-state index in [4.69, 9.17) is 0 Å². The first-order chi connectivity index (χ1) is 22.8. The summed E-state index contributed by atoms with van der Waals surface area (Å²) in [5.41, 5.74) is 12.9. The molecule has 4 rings (SSSR count). The average Bonchev–Trinajstić information content (AvgIpc) is 3.72. The van der Waals surface area contributed by atoms with Gasteiger partial charge in [0.2, 0.25) is 0 Å². The Morgan fingerprint density at radius 1 is 0.196 bits per heavy atom. The van der Waals surface area contributed by atoms with Crippen molar-refractivity contribution in [2.75, 3.05) is 0 Å². The standard InChI is InChI=1S/4C11H21Si2.2ClH.2Pr/c4*1-12(2,3)10-7-8-11(9-10)13(4,5)6;;;;/h4*7-9H,1-6H3;2*1H;;. The van der Waals surface area contributed by atoms with Gasteiger partial charge in [-0.3, -0.25) is 0 Å². The van der Waals surface area contributed by atoms with Crippen LogP contribution in [0.4, 0.5) is 0 Å². The first-order valence-electron chi connectivity index (χ1n) is 20.0. The molecule has 0 amide bonds. The molecule has 4 saturated carbocycles. The first-order valence-corrected chi connectivity index (χ1v) is 48.0. The fourth-order valence-corrected chi connectivity index (χ4v) is 15.5. The molecule has 0 unspecified atom stereocenters. The Kier molecular flexibility index (Phi) is 31.9. The van der Waals surface area contributed by atoms with Crippen molar-refractivity contribution in [2.24, 2.45) is 0 Å². The smallest absolute Gasteiger partial charge is 0.0516 e. The molecule has 4 aliphatic carbocycles. The van der Waals surface area contributed by atoms with Crippen molar-refractivity contribution in [2.45, 2.75) is 157 Å². The van der Waals surface area contributed by atoms with Crippen molar-refractivity contribution in [1.82, 2.24) is 0 Å². The van der Waals surface area contributed by atoms with E-state index in [1.54, 1.807) is 44.3 Å². The van der Waals surface area contributed by atoms with E-state index in [2.05, 4.69) is 234 Å². The molecule has 0 heterocycles. The zero-order chi connectivity index (χ0) is 41.1. The molecule has 22 radical (unpaired) electrons. The van der Waals surface area contributed by atoms with Gasteiger partial charge in [-0.1, -0.05) is 157 Å². The fraction of sp³-hybridized carbons (Fsp3) is 0.545. The van der Waals surface area contributed by atoms with Crippen LogP contribution >= 0.6 is 24.8 Å². The normalized spacial score (nSPS) is 21.0. The quantitative estimate of drug-likeness (QED) is 0.213. The largest absolute Gasteiger partial charge is 0.147 e. The summed E-state index contributed by atoms with van der Waals surface area (Å²) >= 11 is 0. The fourth-order valence-electron chi connectivity index (χ4n) is 5.51. The summed E-state index contributed by atoms with van der Waals surface area (Å²) in [4.78, 5) is 0. The third-order valence-corrected chi connectivity index (χ3v) is 26.3. The Bertz CT molecular complexity index is 807. The SMILES string of the molecule is C[Si](C)(C)[C]1[CH][CH][C]([Si](C)(C)C)[CH]1.C[Si](C)(C)[C]1[CH][CH][C]([Si](C)(C)C)[CH]1.C[Si](C)(C)[C]1[CH][CH][C]([Si](C)(C)C)[CH]1.C[Si](C)(C)[C]1[CH][CH][C]([Si](C)(C)C)[CH]1.Cl.Cl.[Pr].[Pr]. The van der Waals surface area contributed by atoms with Crippen LogP contribution in [0.2, 0.25) is 157 Å². The van der Waals surface area contributed by atoms with Crippen molar-refractivity contribution in [3.8, 4) is 0 Å². The molecule has 0 spiro atoms. The zero-order valence-corrected chi connectivity index (χ0v) is 57.9. The third kappa shape index (κ3) is 25.1. The summed E-state index contributed by atoms with van der Waals surface area (Å²) < 4.78 is 0. The van der Waals surface area contributed by atoms with E-state index in [1.165, 1.54) is 0 Å². The van der Waals surface area contributed by atoms with E-state index in [-0.39, 0.29) is 107 Å². The predicted octanol–water partition coefficient (Wildman–Crippen LogP) is 14.9. The summed E-state index contributed by atoms with van der Waals surface area (Å²) in [6.07, 6.45) is 28.6. The van der Waals surface area contributed by atoms with Gasteiger partial charge in [-0.15, -0.1) is 24.8 Å². The van der Waals surface area contributed by atoms with E-state index < -0.39 is 64.6 Å². The van der Waals surface area contributed by atoms with Gasteiger partial charge in [0, 0.05) is 82.6 Å². The number of halogens is 2. The van der Waals surface area contributed by atoms with Crippen molar-refractivity contribution in [3.63, 3.8) is 0 Å². The minimum Gasteiger partial charge on any atom is -0.147 e. The molecular weight excluding hydrogens is 1110 g/mol. The van der Waals surface area contributed by atoms with E-state index in [0.717, 1.165) is 0 Å². The maximum absolute atomic E-state index is 2.46. The molecule has 0 aromatic rings. The topological polar surface area (TPSA) is 0 Å². The third-order valence-electron chi connectivity index (χ3n) is 9.94. The minimum absolute atomic E-state index is 0. The predicted molar refractivity (Wildman–Crippen MR) is 279 cm³/mol. The second-order valence-electron chi connectivity index (χ2n) is 23.6. The van der Waals surface area contributed by atoms with Crippen LogP contribution < -0.4 is 0 Å². The van der Waals surface area contributed by atoms with Crippen LogP contribution in [0.1, 0.15) is 0 Å². The van der Waals surface area contributed by atoms with Gasteiger partial charge < -0.3 is 0 Å². The van der Waals surface area contributed by atoms with Gasteiger partial charge in [0.25, 0.3) is 0 Å². The molecule has 0 aliphatic heterocycles. The minimum atomic E-state index is -1.07. The molecular formula is C44H86Cl2Pr2Si8. The summed E-state index contributed by atoms with van der Waals surface area (Å²) in [6.45, 7) is 57.9. The van der Waals surface area contributed by atoms with Crippen molar-refractivity contribution >= 4 is 89.4 Å². The van der Waals surface area contributed by atoms with Crippen molar-refractivity contribution in [3.05, 3.63) is 121 Å². The van der Waals surface area contributed by atoms with Crippen molar-refractivity contribution in [1.29, 1.82) is 0 Å². The Morgan fingerprint density at radius 2 is 0.268 bits per heavy atom. The molecule has 0 saturated heterocycles. The maximum atomic E-state index is 2.46. The first kappa shape index (κ1) is 67.6. The summed E-state index contributed by atoms with van der Waals surface area (Å²) in [5.74, 6) is 0. The zero-order valence-electron chi connectivity index (χ0n) is 40.9. The van der Waals surface area contributed by atoms with Crippen molar-refractivity contribution < 1.29 is 82.6 Å². The average molecular weight is 1190 g/mol.